The second kappa shape index (κ2) is 11.7. The van der Waals surface area contributed by atoms with Crippen molar-refractivity contribution in [3.8, 4) is 17.2 Å². The molecule has 3 rings (SSSR count). The number of urea groups is 1. The Morgan fingerprint density at radius 3 is 2.29 bits per heavy atom. The van der Waals surface area contributed by atoms with Crippen LogP contribution in [0.25, 0.3) is 6.08 Å². The number of hydrogen-bond acceptors (Lipinski definition) is 7. The number of halogens is 2. The molecule has 2 aromatic carbocycles. The van der Waals surface area contributed by atoms with Crippen molar-refractivity contribution < 1.29 is 38.5 Å². The quantitative estimate of drug-likeness (QED) is 0.229. The molecular formula is C23H20I2N2O8. The third-order valence-electron chi connectivity index (χ3n) is 4.56. The van der Waals surface area contributed by atoms with Crippen molar-refractivity contribution >= 4 is 80.8 Å². The van der Waals surface area contributed by atoms with E-state index in [1.54, 1.807) is 38.1 Å². The molecule has 0 atom stereocenters. The van der Waals surface area contributed by atoms with Gasteiger partial charge in [0.15, 0.2) is 6.61 Å². The van der Waals surface area contributed by atoms with Crippen molar-refractivity contribution in [3.05, 3.63) is 48.6 Å². The summed E-state index contributed by atoms with van der Waals surface area (Å²) in [5, 5.41) is 11.0. The van der Waals surface area contributed by atoms with Gasteiger partial charge in [-0.25, -0.2) is 14.5 Å². The van der Waals surface area contributed by atoms with Gasteiger partial charge >= 0.3 is 12.0 Å². The van der Waals surface area contributed by atoms with Gasteiger partial charge in [0.1, 0.15) is 22.8 Å². The highest BCUT2D eigenvalue weighted by molar-refractivity contribution is 14.1. The molecule has 1 fully saturated rings. The van der Waals surface area contributed by atoms with Gasteiger partial charge in [-0.1, -0.05) is 0 Å². The van der Waals surface area contributed by atoms with Crippen LogP contribution in [0, 0.1) is 7.14 Å². The van der Waals surface area contributed by atoms with Crippen molar-refractivity contribution in [1.82, 2.24) is 5.32 Å². The Balaban J connectivity index is 2.02. The van der Waals surface area contributed by atoms with Crippen LogP contribution >= 0.6 is 45.2 Å². The Morgan fingerprint density at radius 2 is 1.69 bits per heavy atom. The van der Waals surface area contributed by atoms with E-state index in [1.165, 1.54) is 12.1 Å². The maximum absolute atomic E-state index is 13.4. The molecule has 1 heterocycles. The van der Waals surface area contributed by atoms with Crippen LogP contribution in [0.15, 0.2) is 35.9 Å². The molecule has 12 heteroatoms. The monoisotopic (exact) mass is 706 g/mol. The van der Waals surface area contributed by atoms with Crippen molar-refractivity contribution in [2.75, 3.05) is 24.7 Å². The lowest BCUT2D eigenvalue weighted by Gasteiger charge is -2.28. The Morgan fingerprint density at radius 1 is 1.03 bits per heavy atom. The molecule has 0 radical (unpaired) electrons. The van der Waals surface area contributed by atoms with E-state index in [2.05, 4.69) is 5.32 Å². The van der Waals surface area contributed by atoms with E-state index >= 15 is 0 Å². The second-order valence-corrected chi connectivity index (χ2v) is 9.27. The largest absolute Gasteiger partial charge is 0.494 e. The first-order valence-electron chi connectivity index (χ1n) is 10.3. The minimum absolute atomic E-state index is 0.139. The molecule has 2 N–H and O–H groups in total. The number of aliphatic carboxylic acids is 1. The summed E-state index contributed by atoms with van der Waals surface area (Å²) in [5.41, 5.74) is 0.363. The molecule has 0 aromatic heterocycles. The first-order chi connectivity index (χ1) is 16.7. The molecule has 4 amide bonds. The number of carbonyl (C=O) groups excluding carboxylic acids is 3. The number of carboxylic acids is 1. The Bertz CT molecular complexity index is 1200. The summed E-state index contributed by atoms with van der Waals surface area (Å²) in [7, 11) is 0. The fourth-order valence-electron chi connectivity index (χ4n) is 3.18. The predicted octanol–water partition coefficient (Wildman–Crippen LogP) is 3.82. The van der Waals surface area contributed by atoms with E-state index in [-0.39, 0.29) is 17.0 Å². The number of nitrogens with zero attached hydrogens (tertiary/aromatic N) is 1. The van der Waals surface area contributed by atoms with E-state index in [0.717, 1.165) is 4.90 Å². The maximum Gasteiger partial charge on any atom is 0.341 e. The van der Waals surface area contributed by atoms with Gasteiger partial charge in [-0.2, -0.15) is 0 Å². The summed E-state index contributed by atoms with van der Waals surface area (Å²) in [4.78, 5) is 50.3. The molecule has 184 valence electrons. The third kappa shape index (κ3) is 6.22. The molecule has 1 saturated heterocycles. The van der Waals surface area contributed by atoms with Crippen molar-refractivity contribution in [2.24, 2.45) is 0 Å². The molecule has 1 aliphatic heterocycles. The summed E-state index contributed by atoms with van der Waals surface area (Å²) in [6.07, 6.45) is 1.36. The van der Waals surface area contributed by atoms with Crippen LogP contribution in [0.2, 0.25) is 0 Å². The van der Waals surface area contributed by atoms with Crippen LogP contribution in [0.1, 0.15) is 19.4 Å². The van der Waals surface area contributed by atoms with Crippen LogP contribution < -0.4 is 24.4 Å². The van der Waals surface area contributed by atoms with Gasteiger partial charge in [-0.05, 0) is 94.9 Å². The summed E-state index contributed by atoms with van der Waals surface area (Å²) in [5.74, 6) is -1.71. The molecule has 35 heavy (non-hydrogen) atoms. The third-order valence-corrected chi connectivity index (χ3v) is 6.16. The van der Waals surface area contributed by atoms with E-state index < -0.39 is 30.4 Å². The van der Waals surface area contributed by atoms with E-state index in [4.69, 9.17) is 19.3 Å². The molecule has 0 spiro atoms. The number of carboxylic acid groups (broad SMARTS) is 1. The van der Waals surface area contributed by atoms with Crippen LogP contribution in [0.3, 0.4) is 0 Å². The molecule has 0 saturated carbocycles. The number of hydrogen-bond donors (Lipinski definition) is 2. The first kappa shape index (κ1) is 26.7. The zero-order chi connectivity index (χ0) is 25.7. The first-order valence-corrected chi connectivity index (χ1v) is 12.5. The van der Waals surface area contributed by atoms with E-state index in [9.17, 15) is 19.2 Å². The summed E-state index contributed by atoms with van der Waals surface area (Å²) >= 11 is 3.94. The van der Waals surface area contributed by atoms with Gasteiger partial charge in [0.05, 0.1) is 26.0 Å². The van der Waals surface area contributed by atoms with Crippen LogP contribution in [0.4, 0.5) is 10.5 Å². The van der Waals surface area contributed by atoms with Gasteiger partial charge in [-0.15, -0.1) is 0 Å². The number of amides is 4. The molecule has 1 aliphatic rings. The van der Waals surface area contributed by atoms with E-state index in [1.807, 2.05) is 45.2 Å². The highest BCUT2D eigenvalue weighted by Crippen LogP contribution is 2.35. The van der Waals surface area contributed by atoms with Gasteiger partial charge in [-0.3, -0.25) is 14.9 Å². The number of imide groups is 2. The Labute approximate surface area is 227 Å². The lowest BCUT2D eigenvalue weighted by atomic mass is 10.1. The number of barbiturate groups is 1. The second-order valence-electron chi connectivity index (χ2n) is 6.95. The summed E-state index contributed by atoms with van der Waals surface area (Å²) in [6.45, 7) is 3.73. The number of nitrogens with one attached hydrogen (secondary N) is 1. The predicted molar refractivity (Wildman–Crippen MR) is 143 cm³/mol. The van der Waals surface area contributed by atoms with Crippen molar-refractivity contribution in [2.45, 2.75) is 13.8 Å². The molecule has 0 aliphatic carbocycles. The van der Waals surface area contributed by atoms with Gasteiger partial charge < -0.3 is 19.3 Å². The maximum atomic E-state index is 13.4. The zero-order valence-corrected chi connectivity index (χ0v) is 22.9. The fraction of sp³-hybridized carbons (Fsp3) is 0.217. The number of ether oxygens (including phenoxy) is 3. The van der Waals surface area contributed by atoms with Crippen LogP contribution in [-0.4, -0.2) is 48.7 Å². The minimum atomic E-state index is -1.11. The molecule has 10 nitrogen and oxygen atoms in total. The fourth-order valence-corrected chi connectivity index (χ4v) is 5.31. The zero-order valence-electron chi connectivity index (χ0n) is 18.6. The minimum Gasteiger partial charge on any atom is -0.494 e. The van der Waals surface area contributed by atoms with Crippen LogP contribution in [0.5, 0.6) is 17.2 Å². The molecule has 2 aromatic rings. The SMILES string of the molecule is CCOc1ccc(OCC)c(N2C(=O)NC(=O)/C(=C\c3cc(I)c(OCC(=O)O)c(I)c3)C2=O)c1. The summed E-state index contributed by atoms with van der Waals surface area (Å²) < 4.78 is 17.6. The molecular weight excluding hydrogens is 686 g/mol. The number of carbonyl (C=O) groups is 4. The topological polar surface area (TPSA) is 131 Å². The molecule has 0 bridgehead atoms. The van der Waals surface area contributed by atoms with E-state index in [0.29, 0.717) is 37.4 Å². The number of benzene rings is 2. The molecule has 0 unspecified atom stereocenters. The number of anilines is 1. The van der Waals surface area contributed by atoms with Gasteiger partial charge in [0, 0.05) is 6.07 Å². The normalized spacial score (nSPS) is 14.7. The average molecular weight is 706 g/mol. The van der Waals surface area contributed by atoms with Crippen molar-refractivity contribution in [1.29, 1.82) is 0 Å². The van der Waals surface area contributed by atoms with Gasteiger partial charge in [0.25, 0.3) is 11.8 Å². The summed E-state index contributed by atoms with van der Waals surface area (Å²) in [6, 6.07) is 7.10. The highest BCUT2D eigenvalue weighted by Gasteiger charge is 2.38. The smallest absolute Gasteiger partial charge is 0.341 e. The average Bonchev–Trinajstić information content (AvgIpc) is 2.77. The Kier molecular flexibility index (Phi) is 8.93. The van der Waals surface area contributed by atoms with Crippen molar-refractivity contribution in [3.63, 3.8) is 0 Å². The van der Waals surface area contributed by atoms with Gasteiger partial charge in [0.2, 0.25) is 0 Å². The Hall–Kier alpha value is -2.88. The lowest BCUT2D eigenvalue weighted by molar-refractivity contribution is -0.139. The standard InChI is InChI=1S/C23H20I2N2O8/c1-3-33-13-5-6-18(34-4-2)17(10-13)27-22(31)14(21(30)26-23(27)32)7-12-8-15(24)20(16(25)9-12)35-11-19(28)29/h5-10H,3-4,11H2,1-2H3,(H,28,29)(H,26,30,32)/b14-7+. The number of rotatable bonds is 9. The van der Waals surface area contributed by atoms with Crippen LogP contribution in [-0.2, 0) is 14.4 Å². The highest BCUT2D eigenvalue weighted by atomic mass is 127. The lowest BCUT2D eigenvalue weighted by Crippen LogP contribution is -2.54.